The highest BCUT2D eigenvalue weighted by atomic mass is 32.2. The van der Waals surface area contributed by atoms with Crippen molar-refractivity contribution in [2.75, 3.05) is 36.5 Å². The van der Waals surface area contributed by atoms with Crippen molar-refractivity contribution < 1.29 is 9.50 Å². The van der Waals surface area contributed by atoms with E-state index in [0.29, 0.717) is 0 Å². The van der Waals surface area contributed by atoms with Gasteiger partial charge >= 0.3 is 0 Å². The molecule has 1 unspecified atom stereocenters. The summed E-state index contributed by atoms with van der Waals surface area (Å²) in [5.41, 5.74) is 2.10. The molecule has 21 heavy (non-hydrogen) atoms. The number of aliphatic hydroxyl groups is 1. The first-order valence-corrected chi connectivity index (χ1v) is 8.96. The molecule has 0 saturated carbocycles. The molecule has 2 N–H and O–H groups in total. The average Bonchev–Trinajstić information content (AvgIpc) is 2.48. The summed E-state index contributed by atoms with van der Waals surface area (Å²) in [6.45, 7) is 4.66. The van der Waals surface area contributed by atoms with Crippen LogP contribution in [0.4, 0.5) is 10.1 Å². The Labute approximate surface area is 130 Å². The molecule has 5 heteroatoms. The van der Waals surface area contributed by atoms with Gasteiger partial charge in [-0.2, -0.15) is 11.8 Å². The van der Waals surface area contributed by atoms with Crippen LogP contribution in [0.2, 0.25) is 0 Å². The molecule has 0 spiro atoms. The van der Waals surface area contributed by atoms with Crippen LogP contribution in [-0.2, 0) is 0 Å². The van der Waals surface area contributed by atoms with Crippen LogP contribution in [0.3, 0.4) is 0 Å². The zero-order valence-electron chi connectivity index (χ0n) is 12.8. The Kier molecular flexibility index (Phi) is 6.33. The minimum atomic E-state index is -0.192. The van der Waals surface area contributed by atoms with E-state index >= 15 is 0 Å². The van der Waals surface area contributed by atoms with Gasteiger partial charge in [0.15, 0.2) is 0 Å². The molecule has 1 aromatic rings. The molecule has 1 fully saturated rings. The SMILES string of the molecule is CSCCNC(C)c1cc(F)ccc1N1CCC(O)CC1. The van der Waals surface area contributed by atoms with Gasteiger partial charge in [-0.25, -0.2) is 4.39 Å². The van der Waals surface area contributed by atoms with E-state index in [1.807, 2.05) is 6.07 Å². The van der Waals surface area contributed by atoms with Crippen LogP contribution in [0.25, 0.3) is 0 Å². The molecule has 0 amide bonds. The monoisotopic (exact) mass is 312 g/mol. The van der Waals surface area contributed by atoms with Gasteiger partial charge in [0.1, 0.15) is 5.82 Å². The Morgan fingerprint density at radius 2 is 2.14 bits per heavy atom. The van der Waals surface area contributed by atoms with Gasteiger partial charge in [-0.05, 0) is 49.8 Å². The third kappa shape index (κ3) is 4.59. The fourth-order valence-corrected chi connectivity index (χ4v) is 3.08. The van der Waals surface area contributed by atoms with Crippen LogP contribution in [0.15, 0.2) is 18.2 Å². The van der Waals surface area contributed by atoms with Crippen molar-refractivity contribution in [1.29, 1.82) is 0 Å². The van der Waals surface area contributed by atoms with Crippen molar-refractivity contribution in [2.24, 2.45) is 0 Å². The van der Waals surface area contributed by atoms with Gasteiger partial charge in [-0.15, -0.1) is 0 Å². The van der Waals surface area contributed by atoms with Gasteiger partial charge in [0, 0.05) is 37.1 Å². The summed E-state index contributed by atoms with van der Waals surface area (Å²) in [4.78, 5) is 2.26. The summed E-state index contributed by atoms with van der Waals surface area (Å²) >= 11 is 1.80. The molecule has 2 rings (SSSR count). The molecule has 1 aliphatic rings. The average molecular weight is 312 g/mol. The Bertz CT molecular complexity index is 450. The summed E-state index contributed by atoms with van der Waals surface area (Å²) in [5, 5.41) is 13.1. The van der Waals surface area contributed by atoms with E-state index < -0.39 is 0 Å². The molecule has 0 aromatic heterocycles. The maximum atomic E-state index is 13.6. The lowest BCUT2D eigenvalue weighted by Crippen LogP contribution is -2.37. The summed E-state index contributed by atoms with van der Waals surface area (Å²) in [7, 11) is 0. The van der Waals surface area contributed by atoms with Crippen LogP contribution < -0.4 is 10.2 Å². The summed E-state index contributed by atoms with van der Waals surface area (Å²) in [5.74, 6) is 0.856. The number of halogens is 1. The van der Waals surface area contributed by atoms with Crippen LogP contribution in [-0.4, -0.2) is 42.9 Å². The molecular formula is C16H25FN2OS. The van der Waals surface area contributed by atoms with Gasteiger partial charge in [-0.1, -0.05) is 0 Å². The van der Waals surface area contributed by atoms with E-state index in [1.54, 1.807) is 17.8 Å². The quantitative estimate of drug-likeness (QED) is 0.792. The first-order valence-electron chi connectivity index (χ1n) is 7.56. The molecular weight excluding hydrogens is 287 g/mol. The molecule has 0 aliphatic carbocycles. The molecule has 1 atom stereocenters. The number of hydrogen-bond donors (Lipinski definition) is 2. The lowest BCUT2D eigenvalue weighted by molar-refractivity contribution is 0.145. The van der Waals surface area contributed by atoms with Crippen LogP contribution in [0, 0.1) is 5.82 Å². The number of nitrogens with one attached hydrogen (secondary N) is 1. The zero-order valence-corrected chi connectivity index (χ0v) is 13.6. The number of benzene rings is 1. The normalized spacial score (nSPS) is 18.0. The van der Waals surface area contributed by atoms with E-state index in [2.05, 4.69) is 23.4 Å². The van der Waals surface area contributed by atoms with Gasteiger partial charge in [-0.3, -0.25) is 0 Å². The number of hydrogen-bond acceptors (Lipinski definition) is 4. The zero-order chi connectivity index (χ0) is 15.2. The standard InChI is InChI=1S/C16H25FN2OS/c1-12(18-7-10-21-2)15-11-13(17)3-4-16(15)19-8-5-14(20)6-9-19/h3-4,11-12,14,18,20H,5-10H2,1-2H3. The number of thioether (sulfide) groups is 1. The molecule has 0 radical (unpaired) electrons. The summed E-state index contributed by atoms with van der Waals surface area (Å²) < 4.78 is 13.6. The third-order valence-electron chi connectivity index (χ3n) is 4.02. The van der Waals surface area contributed by atoms with Crippen molar-refractivity contribution >= 4 is 17.4 Å². The lowest BCUT2D eigenvalue weighted by atomic mass is 10.0. The summed E-state index contributed by atoms with van der Waals surface area (Å²) in [6, 6.07) is 5.15. The second-order valence-corrected chi connectivity index (χ2v) is 6.58. The Balaban J connectivity index is 2.13. The summed E-state index contributed by atoms with van der Waals surface area (Å²) in [6.07, 6.45) is 3.46. The minimum Gasteiger partial charge on any atom is -0.393 e. The lowest BCUT2D eigenvalue weighted by Gasteiger charge is -2.34. The molecule has 1 saturated heterocycles. The molecule has 1 aromatic carbocycles. The van der Waals surface area contributed by atoms with E-state index in [0.717, 1.165) is 49.5 Å². The van der Waals surface area contributed by atoms with Crippen molar-refractivity contribution in [1.82, 2.24) is 5.32 Å². The fraction of sp³-hybridized carbons (Fsp3) is 0.625. The highest BCUT2D eigenvalue weighted by Gasteiger charge is 2.21. The second kappa shape index (κ2) is 8.01. The number of aliphatic hydroxyl groups excluding tert-OH is 1. The number of anilines is 1. The molecule has 3 nitrogen and oxygen atoms in total. The van der Waals surface area contributed by atoms with Crippen molar-refractivity contribution in [3.63, 3.8) is 0 Å². The van der Waals surface area contributed by atoms with Gasteiger partial charge in [0.2, 0.25) is 0 Å². The van der Waals surface area contributed by atoms with E-state index in [1.165, 1.54) is 6.07 Å². The van der Waals surface area contributed by atoms with Crippen molar-refractivity contribution in [3.8, 4) is 0 Å². The van der Waals surface area contributed by atoms with Crippen LogP contribution in [0.5, 0.6) is 0 Å². The predicted octanol–water partition coefficient (Wildman–Crippen LogP) is 2.80. The third-order valence-corrected chi connectivity index (χ3v) is 4.63. The van der Waals surface area contributed by atoms with Crippen molar-refractivity contribution in [3.05, 3.63) is 29.6 Å². The van der Waals surface area contributed by atoms with Crippen molar-refractivity contribution in [2.45, 2.75) is 31.9 Å². The first kappa shape index (κ1) is 16.6. The molecule has 0 bridgehead atoms. The van der Waals surface area contributed by atoms with Gasteiger partial charge in [0.25, 0.3) is 0 Å². The maximum Gasteiger partial charge on any atom is 0.123 e. The Morgan fingerprint density at radius 3 is 2.81 bits per heavy atom. The number of rotatable bonds is 6. The number of nitrogens with zero attached hydrogens (tertiary/aromatic N) is 1. The molecule has 118 valence electrons. The van der Waals surface area contributed by atoms with Gasteiger partial charge < -0.3 is 15.3 Å². The fourth-order valence-electron chi connectivity index (χ4n) is 2.75. The highest BCUT2D eigenvalue weighted by Crippen LogP contribution is 2.29. The van der Waals surface area contributed by atoms with Crippen LogP contribution in [0.1, 0.15) is 31.4 Å². The molecule has 1 heterocycles. The maximum absolute atomic E-state index is 13.6. The number of piperidine rings is 1. The Hall–Kier alpha value is -0.780. The first-order chi connectivity index (χ1) is 10.1. The predicted molar refractivity (Wildman–Crippen MR) is 88.7 cm³/mol. The van der Waals surface area contributed by atoms with Gasteiger partial charge in [0.05, 0.1) is 6.10 Å². The van der Waals surface area contributed by atoms with Crippen LogP contribution >= 0.6 is 11.8 Å². The minimum absolute atomic E-state index is 0.120. The topological polar surface area (TPSA) is 35.5 Å². The molecule has 1 aliphatic heterocycles. The second-order valence-electron chi connectivity index (χ2n) is 5.59. The highest BCUT2D eigenvalue weighted by molar-refractivity contribution is 7.98. The smallest absolute Gasteiger partial charge is 0.123 e. The Morgan fingerprint density at radius 1 is 1.43 bits per heavy atom. The largest absolute Gasteiger partial charge is 0.393 e. The van der Waals surface area contributed by atoms with E-state index in [4.69, 9.17) is 0 Å². The van der Waals surface area contributed by atoms with E-state index in [-0.39, 0.29) is 18.0 Å². The van der Waals surface area contributed by atoms with E-state index in [9.17, 15) is 9.50 Å².